The van der Waals surface area contributed by atoms with Crippen molar-refractivity contribution in [1.29, 1.82) is 0 Å². The van der Waals surface area contributed by atoms with Gasteiger partial charge in [0.25, 0.3) is 5.69 Å². The molecule has 0 unspecified atom stereocenters. The molecule has 0 saturated heterocycles. The number of nitro benzene ring substituents is 1. The number of halogens is 2. The molecule has 2 N–H and O–H groups in total. The van der Waals surface area contributed by atoms with Gasteiger partial charge in [-0.15, -0.1) is 0 Å². The molecule has 0 aliphatic heterocycles. The summed E-state index contributed by atoms with van der Waals surface area (Å²) in [4.78, 5) is 32.1. The number of benzene rings is 1. The van der Waals surface area contributed by atoms with Crippen LogP contribution in [-0.4, -0.2) is 40.2 Å². The predicted molar refractivity (Wildman–Crippen MR) is 68.2 cm³/mol. The van der Waals surface area contributed by atoms with Gasteiger partial charge in [0, 0.05) is 12.1 Å². The van der Waals surface area contributed by atoms with E-state index in [2.05, 4.69) is 15.9 Å². The zero-order valence-electron chi connectivity index (χ0n) is 9.75. The van der Waals surface area contributed by atoms with E-state index in [9.17, 15) is 24.1 Å². The molecule has 0 bridgehead atoms. The number of nitrogens with zero attached hydrogens (tertiary/aromatic N) is 2. The number of carboxylic acid groups (broad SMARTS) is 2. The summed E-state index contributed by atoms with van der Waals surface area (Å²) in [5.41, 5.74) is -1.01. The molecule has 0 fully saturated rings. The molecule has 0 aliphatic carbocycles. The second-order valence-corrected chi connectivity index (χ2v) is 4.51. The smallest absolute Gasteiger partial charge is 0.323 e. The third-order valence-electron chi connectivity index (χ3n) is 2.21. The Labute approximate surface area is 119 Å². The van der Waals surface area contributed by atoms with Crippen LogP contribution in [0.25, 0.3) is 0 Å². The lowest BCUT2D eigenvalue weighted by Crippen LogP contribution is -2.35. The molecule has 108 valence electrons. The van der Waals surface area contributed by atoms with Gasteiger partial charge in [-0.3, -0.25) is 19.7 Å². The van der Waals surface area contributed by atoms with Crippen LogP contribution in [-0.2, 0) is 9.59 Å². The fourth-order valence-electron chi connectivity index (χ4n) is 1.48. The highest BCUT2D eigenvalue weighted by molar-refractivity contribution is 9.10. The lowest BCUT2D eigenvalue weighted by Gasteiger charge is -2.20. The molecule has 0 aromatic heterocycles. The third-order valence-corrected chi connectivity index (χ3v) is 2.81. The number of carboxylic acids is 2. The quantitative estimate of drug-likeness (QED) is 0.588. The number of nitro groups is 1. The molecule has 0 heterocycles. The van der Waals surface area contributed by atoms with E-state index in [1.807, 2.05) is 0 Å². The van der Waals surface area contributed by atoms with Crippen molar-refractivity contribution in [3.63, 3.8) is 0 Å². The van der Waals surface area contributed by atoms with Crippen LogP contribution < -0.4 is 4.90 Å². The monoisotopic (exact) mass is 350 g/mol. The molecule has 0 atom stereocenters. The number of rotatable bonds is 6. The maximum absolute atomic E-state index is 13.5. The van der Waals surface area contributed by atoms with E-state index in [-0.39, 0.29) is 4.47 Å². The lowest BCUT2D eigenvalue weighted by molar-refractivity contribution is -0.384. The van der Waals surface area contributed by atoms with Gasteiger partial charge in [0.2, 0.25) is 0 Å². The minimum atomic E-state index is -1.40. The van der Waals surface area contributed by atoms with Crippen molar-refractivity contribution < 1.29 is 29.1 Å². The van der Waals surface area contributed by atoms with Crippen LogP contribution in [0.5, 0.6) is 0 Å². The van der Waals surface area contributed by atoms with E-state index in [1.165, 1.54) is 0 Å². The van der Waals surface area contributed by atoms with Crippen LogP contribution in [0.4, 0.5) is 15.8 Å². The molecule has 1 aromatic carbocycles. The summed E-state index contributed by atoms with van der Waals surface area (Å²) in [6.07, 6.45) is 0. The summed E-state index contributed by atoms with van der Waals surface area (Å²) in [5, 5.41) is 28.3. The molecule has 0 aliphatic rings. The summed E-state index contributed by atoms with van der Waals surface area (Å²) in [6.45, 7) is -1.62. The predicted octanol–water partition coefficient (Wildman–Crippen LogP) is 1.47. The molecule has 0 saturated carbocycles. The zero-order valence-corrected chi connectivity index (χ0v) is 11.3. The SMILES string of the molecule is O=C(O)CN(CC(=O)O)c1cc(F)c(Br)cc1[N+](=O)[O-]. The molecule has 20 heavy (non-hydrogen) atoms. The minimum Gasteiger partial charge on any atom is -0.480 e. The van der Waals surface area contributed by atoms with E-state index in [0.29, 0.717) is 11.0 Å². The number of aliphatic carboxylic acids is 2. The molecule has 1 rings (SSSR count). The molecule has 0 amide bonds. The first kappa shape index (κ1) is 15.8. The molecular formula is C10H8BrFN2O6. The van der Waals surface area contributed by atoms with Crippen molar-refractivity contribution in [1.82, 2.24) is 0 Å². The van der Waals surface area contributed by atoms with Crippen LogP contribution >= 0.6 is 15.9 Å². The Hall–Kier alpha value is -2.23. The Morgan fingerprint density at radius 2 is 1.80 bits per heavy atom. The molecule has 1 aromatic rings. The normalized spacial score (nSPS) is 10.1. The van der Waals surface area contributed by atoms with E-state index in [0.717, 1.165) is 6.07 Å². The first-order valence-corrected chi connectivity index (χ1v) is 5.83. The third kappa shape index (κ3) is 3.88. The summed E-state index contributed by atoms with van der Waals surface area (Å²) in [5.74, 6) is -3.67. The van der Waals surface area contributed by atoms with Gasteiger partial charge in [0.15, 0.2) is 0 Å². The van der Waals surface area contributed by atoms with E-state index >= 15 is 0 Å². The number of carbonyl (C=O) groups is 2. The summed E-state index contributed by atoms with van der Waals surface area (Å²) in [7, 11) is 0. The molecule has 10 heteroatoms. The molecule has 0 spiro atoms. The van der Waals surface area contributed by atoms with Crippen molar-refractivity contribution in [3.8, 4) is 0 Å². The highest BCUT2D eigenvalue weighted by atomic mass is 79.9. The van der Waals surface area contributed by atoms with Gasteiger partial charge >= 0.3 is 11.9 Å². The Bertz CT molecular complexity index is 563. The van der Waals surface area contributed by atoms with Crippen molar-refractivity contribution >= 4 is 39.2 Å². The van der Waals surface area contributed by atoms with E-state index in [4.69, 9.17) is 10.2 Å². The van der Waals surface area contributed by atoms with Crippen LogP contribution in [0.2, 0.25) is 0 Å². The van der Waals surface area contributed by atoms with Crippen LogP contribution in [0.15, 0.2) is 16.6 Å². The summed E-state index contributed by atoms with van der Waals surface area (Å²) in [6, 6.07) is 1.56. The van der Waals surface area contributed by atoms with Gasteiger partial charge in [0.1, 0.15) is 24.6 Å². The minimum absolute atomic E-state index is 0.182. The van der Waals surface area contributed by atoms with Gasteiger partial charge in [-0.1, -0.05) is 0 Å². The Kier molecular flexibility index (Phi) is 4.97. The lowest BCUT2D eigenvalue weighted by atomic mass is 10.2. The van der Waals surface area contributed by atoms with Gasteiger partial charge in [-0.2, -0.15) is 0 Å². The zero-order chi connectivity index (χ0) is 15.4. The molecule has 8 nitrogen and oxygen atoms in total. The average molecular weight is 351 g/mol. The van der Waals surface area contributed by atoms with Crippen molar-refractivity contribution in [2.75, 3.05) is 18.0 Å². The highest BCUT2D eigenvalue weighted by Crippen LogP contribution is 2.33. The Morgan fingerprint density at radius 1 is 1.30 bits per heavy atom. The standard InChI is InChI=1S/C10H8BrFN2O6/c11-5-1-8(14(19)20)7(2-6(5)12)13(3-9(15)16)4-10(17)18/h1-2H,3-4H2,(H,15,16)(H,17,18). The van der Waals surface area contributed by atoms with E-state index in [1.54, 1.807) is 0 Å². The van der Waals surface area contributed by atoms with Crippen molar-refractivity contribution in [2.45, 2.75) is 0 Å². The van der Waals surface area contributed by atoms with Gasteiger partial charge in [-0.05, 0) is 15.9 Å². The van der Waals surface area contributed by atoms with Crippen molar-refractivity contribution in [2.24, 2.45) is 0 Å². The van der Waals surface area contributed by atoms with Gasteiger partial charge < -0.3 is 15.1 Å². The topological polar surface area (TPSA) is 121 Å². The van der Waals surface area contributed by atoms with Crippen LogP contribution in [0, 0.1) is 15.9 Å². The summed E-state index contributed by atoms with van der Waals surface area (Å²) >= 11 is 2.77. The van der Waals surface area contributed by atoms with E-state index < -0.39 is 47.1 Å². The van der Waals surface area contributed by atoms with Gasteiger partial charge in [-0.25, -0.2) is 4.39 Å². The average Bonchev–Trinajstić information content (AvgIpc) is 2.29. The first-order chi connectivity index (χ1) is 9.22. The number of anilines is 1. The second-order valence-electron chi connectivity index (χ2n) is 3.66. The number of hydrogen-bond donors (Lipinski definition) is 2. The maximum Gasteiger partial charge on any atom is 0.323 e. The van der Waals surface area contributed by atoms with Crippen molar-refractivity contribution in [3.05, 3.63) is 32.5 Å². The first-order valence-electron chi connectivity index (χ1n) is 5.04. The Morgan fingerprint density at radius 3 is 2.20 bits per heavy atom. The second kappa shape index (κ2) is 6.28. The largest absolute Gasteiger partial charge is 0.480 e. The maximum atomic E-state index is 13.5. The van der Waals surface area contributed by atoms with Crippen LogP contribution in [0.3, 0.4) is 0 Å². The highest BCUT2D eigenvalue weighted by Gasteiger charge is 2.25. The number of hydrogen-bond acceptors (Lipinski definition) is 5. The summed E-state index contributed by atoms with van der Waals surface area (Å²) < 4.78 is 13.3. The fourth-order valence-corrected chi connectivity index (χ4v) is 1.81. The fraction of sp³-hybridized carbons (Fsp3) is 0.200. The van der Waals surface area contributed by atoms with Gasteiger partial charge in [0.05, 0.1) is 9.40 Å². The molecule has 0 radical (unpaired) electrons. The molecular weight excluding hydrogens is 343 g/mol. The Balaban J connectivity index is 3.36. The van der Waals surface area contributed by atoms with Crippen LogP contribution in [0.1, 0.15) is 0 Å².